The second-order valence-corrected chi connectivity index (χ2v) is 6.71. The van der Waals surface area contributed by atoms with E-state index in [1.807, 2.05) is 30.3 Å². The molecule has 0 saturated heterocycles. The fraction of sp³-hybridized carbons (Fsp3) is 0.600. The molecule has 0 aliphatic heterocycles. The first-order valence-electron chi connectivity index (χ1n) is 9.23. The number of rotatable bonds is 8. The topological polar surface area (TPSA) is 64.6 Å². The molecule has 0 radical (unpaired) electrons. The van der Waals surface area contributed by atoms with Crippen molar-refractivity contribution in [1.29, 1.82) is 0 Å². The van der Waals surface area contributed by atoms with Crippen molar-refractivity contribution in [3.63, 3.8) is 0 Å². The minimum atomic E-state index is -0.421. The highest BCUT2D eigenvalue weighted by atomic mass is 16.6. The molecule has 5 heteroatoms. The maximum absolute atomic E-state index is 12.2. The molecule has 2 rings (SSSR count). The molecule has 0 unspecified atom stereocenters. The molecule has 1 aliphatic carbocycles. The van der Waals surface area contributed by atoms with E-state index in [-0.39, 0.29) is 23.9 Å². The Hall–Kier alpha value is -2.04. The van der Waals surface area contributed by atoms with E-state index in [9.17, 15) is 9.59 Å². The molecule has 5 nitrogen and oxygen atoms in total. The molecule has 1 aliphatic rings. The van der Waals surface area contributed by atoms with Crippen LogP contribution in [0.1, 0.15) is 51.9 Å². The average molecular weight is 347 g/mol. The molecule has 1 N–H and O–H groups in total. The van der Waals surface area contributed by atoms with E-state index in [0.717, 1.165) is 44.2 Å². The number of methoxy groups -OCH3 is 1. The van der Waals surface area contributed by atoms with Gasteiger partial charge in [0.2, 0.25) is 0 Å². The second-order valence-electron chi connectivity index (χ2n) is 6.71. The van der Waals surface area contributed by atoms with Crippen LogP contribution in [0.5, 0.6) is 0 Å². The number of carbonyl (C=O) groups is 2. The third kappa shape index (κ3) is 6.07. The van der Waals surface area contributed by atoms with Gasteiger partial charge >= 0.3 is 12.1 Å². The van der Waals surface area contributed by atoms with Crippen LogP contribution in [0, 0.1) is 11.8 Å². The van der Waals surface area contributed by atoms with Crippen molar-refractivity contribution >= 4 is 17.7 Å². The van der Waals surface area contributed by atoms with E-state index >= 15 is 0 Å². The van der Waals surface area contributed by atoms with E-state index in [1.165, 1.54) is 7.11 Å². The summed E-state index contributed by atoms with van der Waals surface area (Å²) in [6, 6.07) is 9.29. The predicted octanol–water partition coefficient (Wildman–Crippen LogP) is 4.77. The van der Waals surface area contributed by atoms with Crippen LogP contribution < -0.4 is 5.32 Å². The summed E-state index contributed by atoms with van der Waals surface area (Å²) < 4.78 is 10.5. The Balaban J connectivity index is 1.93. The minimum absolute atomic E-state index is 0.129. The van der Waals surface area contributed by atoms with Crippen LogP contribution in [0.15, 0.2) is 30.3 Å². The van der Waals surface area contributed by atoms with Gasteiger partial charge in [0.05, 0.1) is 7.11 Å². The van der Waals surface area contributed by atoms with Crippen LogP contribution >= 0.6 is 0 Å². The molecule has 138 valence electrons. The first kappa shape index (κ1) is 19.3. The molecule has 3 atom stereocenters. The van der Waals surface area contributed by atoms with Gasteiger partial charge in [-0.25, -0.2) is 4.79 Å². The molecule has 1 saturated carbocycles. The van der Waals surface area contributed by atoms with Crippen LogP contribution in [0.4, 0.5) is 10.5 Å². The number of amides is 1. The fourth-order valence-corrected chi connectivity index (χ4v) is 3.67. The number of para-hydroxylation sites is 1. The van der Waals surface area contributed by atoms with Gasteiger partial charge in [0.25, 0.3) is 0 Å². The number of ether oxygens (including phenoxy) is 2. The Bertz CT molecular complexity index is 546. The Morgan fingerprint density at radius 1 is 1.16 bits per heavy atom. The van der Waals surface area contributed by atoms with Crippen molar-refractivity contribution in [2.24, 2.45) is 11.8 Å². The SMILES string of the molecule is CCCCC[C@H]1[C@@H](CC(=O)OC)CC[C@H]1OC(=O)Nc1ccccc1. The second kappa shape index (κ2) is 10.1. The van der Waals surface area contributed by atoms with E-state index in [0.29, 0.717) is 6.42 Å². The smallest absolute Gasteiger partial charge is 0.411 e. The zero-order valence-corrected chi connectivity index (χ0v) is 15.2. The van der Waals surface area contributed by atoms with Crippen LogP contribution in [-0.4, -0.2) is 25.3 Å². The molecule has 1 aromatic carbocycles. The third-order valence-electron chi connectivity index (χ3n) is 4.98. The van der Waals surface area contributed by atoms with Gasteiger partial charge in [-0.3, -0.25) is 10.1 Å². The van der Waals surface area contributed by atoms with E-state index < -0.39 is 6.09 Å². The molecule has 0 aromatic heterocycles. The number of nitrogens with one attached hydrogen (secondary N) is 1. The van der Waals surface area contributed by atoms with Gasteiger partial charge in [0.15, 0.2) is 0 Å². The molecule has 1 fully saturated rings. The Labute approximate surface area is 150 Å². The fourth-order valence-electron chi connectivity index (χ4n) is 3.67. The summed E-state index contributed by atoms with van der Waals surface area (Å²) in [4.78, 5) is 23.9. The van der Waals surface area contributed by atoms with Gasteiger partial charge in [-0.05, 0) is 43.2 Å². The van der Waals surface area contributed by atoms with Crippen LogP contribution in [0.25, 0.3) is 0 Å². The molecule has 1 aromatic rings. The van der Waals surface area contributed by atoms with Crippen molar-refractivity contribution in [2.45, 2.75) is 58.0 Å². The number of anilines is 1. The van der Waals surface area contributed by atoms with Crippen LogP contribution in [0.3, 0.4) is 0 Å². The van der Waals surface area contributed by atoms with Gasteiger partial charge in [-0.15, -0.1) is 0 Å². The quantitative estimate of drug-likeness (QED) is 0.543. The van der Waals surface area contributed by atoms with Gasteiger partial charge in [-0.2, -0.15) is 0 Å². The van der Waals surface area contributed by atoms with Crippen molar-refractivity contribution in [3.8, 4) is 0 Å². The zero-order chi connectivity index (χ0) is 18.1. The number of hydrogen-bond donors (Lipinski definition) is 1. The summed E-state index contributed by atoms with van der Waals surface area (Å²) >= 11 is 0. The van der Waals surface area contributed by atoms with E-state index in [4.69, 9.17) is 9.47 Å². The van der Waals surface area contributed by atoms with Crippen LogP contribution in [0.2, 0.25) is 0 Å². The first-order chi connectivity index (χ1) is 12.1. The van der Waals surface area contributed by atoms with Crippen molar-refractivity contribution in [3.05, 3.63) is 30.3 Å². The van der Waals surface area contributed by atoms with Gasteiger partial charge in [0.1, 0.15) is 6.10 Å². The first-order valence-corrected chi connectivity index (χ1v) is 9.23. The summed E-state index contributed by atoms with van der Waals surface area (Å²) in [6.07, 6.45) is 5.95. The maximum atomic E-state index is 12.2. The molecule has 1 amide bonds. The highest BCUT2D eigenvalue weighted by Crippen LogP contribution is 2.40. The number of carbonyl (C=O) groups excluding carboxylic acids is 2. The minimum Gasteiger partial charge on any atom is -0.469 e. The van der Waals surface area contributed by atoms with E-state index in [2.05, 4.69) is 12.2 Å². The highest BCUT2D eigenvalue weighted by Gasteiger charge is 2.39. The van der Waals surface area contributed by atoms with Crippen molar-refractivity contribution in [1.82, 2.24) is 0 Å². The molecular formula is C20H29NO4. The van der Waals surface area contributed by atoms with E-state index in [1.54, 1.807) is 0 Å². The largest absolute Gasteiger partial charge is 0.469 e. The molecule has 0 spiro atoms. The Morgan fingerprint density at radius 3 is 2.60 bits per heavy atom. The predicted molar refractivity (Wildman–Crippen MR) is 97.3 cm³/mol. The summed E-state index contributed by atoms with van der Waals surface area (Å²) in [5.41, 5.74) is 0.721. The molecule has 0 bridgehead atoms. The lowest BCUT2D eigenvalue weighted by atomic mass is 9.87. The Kier molecular flexibility index (Phi) is 7.76. The normalized spacial score (nSPS) is 22.4. The summed E-state index contributed by atoms with van der Waals surface area (Å²) in [5, 5.41) is 2.77. The number of benzene rings is 1. The maximum Gasteiger partial charge on any atom is 0.411 e. The third-order valence-corrected chi connectivity index (χ3v) is 4.98. The molecular weight excluding hydrogens is 318 g/mol. The number of hydrogen-bond acceptors (Lipinski definition) is 4. The number of esters is 1. The highest BCUT2D eigenvalue weighted by molar-refractivity contribution is 5.84. The summed E-state index contributed by atoms with van der Waals surface area (Å²) in [6.45, 7) is 2.17. The lowest BCUT2D eigenvalue weighted by Gasteiger charge is -2.24. The van der Waals surface area contributed by atoms with Crippen molar-refractivity contribution < 1.29 is 19.1 Å². The Morgan fingerprint density at radius 2 is 1.92 bits per heavy atom. The van der Waals surface area contributed by atoms with Gasteiger partial charge < -0.3 is 9.47 Å². The monoisotopic (exact) mass is 347 g/mol. The summed E-state index contributed by atoms with van der Waals surface area (Å²) in [5.74, 6) is 0.283. The summed E-state index contributed by atoms with van der Waals surface area (Å²) in [7, 11) is 1.42. The molecule has 0 heterocycles. The van der Waals surface area contributed by atoms with Gasteiger partial charge in [0, 0.05) is 12.1 Å². The average Bonchev–Trinajstić information content (AvgIpc) is 2.97. The lowest BCUT2D eigenvalue weighted by molar-refractivity contribution is -0.142. The zero-order valence-electron chi connectivity index (χ0n) is 15.2. The van der Waals surface area contributed by atoms with Crippen molar-refractivity contribution in [2.75, 3.05) is 12.4 Å². The lowest BCUT2D eigenvalue weighted by Crippen LogP contribution is -2.28. The van der Waals surface area contributed by atoms with Gasteiger partial charge in [-0.1, -0.05) is 44.4 Å². The molecule has 25 heavy (non-hydrogen) atoms. The van der Waals surface area contributed by atoms with Crippen LogP contribution in [-0.2, 0) is 14.3 Å². The number of unbranched alkanes of at least 4 members (excludes halogenated alkanes) is 2. The standard InChI is InChI=1S/C20H29NO4/c1-3-4-6-11-17-15(14-19(22)24-2)12-13-18(17)25-20(23)21-16-9-7-5-8-10-16/h5,7-10,15,17-18H,3-4,6,11-14H2,1-2H3,(H,21,23)/t15-,17+,18-/m1/s1.